The standard InChI is InChI=1S/C26H35N3O4S/c1-5-6-7-9-22-11-12-26-24(14-22)33-25(18-28(4)17-23-10-8-13-27-15-23)20(2)16-29(21(3)19-30)34(26,31)32/h8,10-15,20-21,25,30H,5-6,16-19H2,1-4H3/t20-,21+,25+/m0/s1. The largest absolute Gasteiger partial charge is 0.487 e. The monoisotopic (exact) mass is 485 g/mol. The van der Waals surface area contributed by atoms with E-state index in [1.807, 2.05) is 32.3 Å². The normalized spacial score (nSPS) is 20.9. The molecule has 0 spiro atoms. The number of hydrogen-bond acceptors (Lipinski definition) is 6. The minimum atomic E-state index is -3.85. The van der Waals surface area contributed by atoms with Gasteiger partial charge in [0.15, 0.2) is 0 Å². The van der Waals surface area contributed by atoms with E-state index in [1.54, 1.807) is 31.3 Å². The van der Waals surface area contributed by atoms with Gasteiger partial charge in [0, 0.05) is 56.0 Å². The van der Waals surface area contributed by atoms with Gasteiger partial charge in [-0.1, -0.05) is 31.8 Å². The van der Waals surface area contributed by atoms with Crippen molar-refractivity contribution in [3.05, 3.63) is 53.9 Å². The van der Waals surface area contributed by atoms with Gasteiger partial charge in [-0.15, -0.1) is 0 Å². The van der Waals surface area contributed by atoms with Crippen LogP contribution in [-0.4, -0.2) is 66.6 Å². The molecule has 1 aromatic carbocycles. The fraction of sp³-hybridized carbons (Fsp3) is 0.500. The van der Waals surface area contributed by atoms with Crippen LogP contribution in [0.5, 0.6) is 5.75 Å². The first-order valence-corrected chi connectivity index (χ1v) is 13.2. The SMILES string of the molecule is CCCC#Cc1ccc2c(c1)O[C@H](CN(C)Cc1cccnc1)[C@@H](C)CN([C@H](C)CO)S2(=O)=O. The molecule has 0 bridgehead atoms. The molecule has 0 amide bonds. The van der Waals surface area contributed by atoms with Gasteiger partial charge in [0.2, 0.25) is 10.0 Å². The second-order valence-corrected chi connectivity index (χ2v) is 10.9. The van der Waals surface area contributed by atoms with Crippen molar-refractivity contribution in [3.8, 4) is 17.6 Å². The lowest BCUT2D eigenvalue weighted by Crippen LogP contribution is -2.49. The van der Waals surface area contributed by atoms with Gasteiger partial charge in [-0.05, 0) is 50.2 Å². The summed E-state index contributed by atoms with van der Waals surface area (Å²) in [5.74, 6) is 6.42. The molecule has 3 atom stereocenters. The van der Waals surface area contributed by atoms with E-state index in [1.165, 1.54) is 4.31 Å². The number of likely N-dealkylation sites (N-methyl/N-ethyl adjacent to an activating group) is 1. The smallest absolute Gasteiger partial charge is 0.247 e. The zero-order valence-corrected chi connectivity index (χ0v) is 21.3. The molecule has 0 radical (unpaired) electrons. The van der Waals surface area contributed by atoms with E-state index in [9.17, 15) is 13.5 Å². The van der Waals surface area contributed by atoms with Gasteiger partial charge >= 0.3 is 0 Å². The van der Waals surface area contributed by atoms with Gasteiger partial charge in [0.25, 0.3) is 0 Å². The molecule has 8 heteroatoms. The van der Waals surface area contributed by atoms with Gasteiger partial charge in [-0.2, -0.15) is 4.31 Å². The summed E-state index contributed by atoms with van der Waals surface area (Å²) in [5, 5.41) is 9.79. The molecule has 0 fully saturated rings. The van der Waals surface area contributed by atoms with Crippen LogP contribution in [-0.2, 0) is 16.6 Å². The number of ether oxygens (including phenoxy) is 1. The lowest BCUT2D eigenvalue weighted by molar-refractivity contribution is 0.0733. The second kappa shape index (κ2) is 11.8. The molecule has 1 aliphatic heterocycles. The molecule has 7 nitrogen and oxygen atoms in total. The first-order chi connectivity index (χ1) is 16.3. The van der Waals surface area contributed by atoms with E-state index in [4.69, 9.17) is 4.74 Å². The molecule has 0 aliphatic carbocycles. The Morgan fingerprint density at radius 2 is 2.15 bits per heavy atom. The summed E-state index contributed by atoms with van der Waals surface area (Å²) in [6.45, 7) is 7.08. The van der Waals surface area contributed by atoms with Crippen molar-refractivity contribution in [1.29, 1.82) is 0 Å². The fourth-order valence-corrected chi connectivity index (χ4v) is 5.81. The Morgan fingerprint density at radius 1 is 1.35 bits per heavy atom. The molecular formula is C26H35N3O4S. The molecule has 184 valence electrons. The maximum absolute atomic E-state index is 13.5. The molecule has 34 heavy (non-hydrogen) atoms. The number of aliphatic hydroxyl groups excluding tert-OH is 1. The number of rotatable bonds is 7. The fourth-order valence-electron chi connectivity index (χ4n) is 3.99. The summed E-state index contributed by atoms with van der Waals surface area (Å²) >= 11 is 0. The van der Waals surface area contributed by atoms with Gasteiger partial charge in [-0.25, -0.2) is 8.42 Å². The minimum absolute atomic E-state index is 0.108. The summed E-state index contributed by atoms with van der Waals surface area (Å²) in [6, 6.07) is 8.41. The number of sulfonamides is 1. The molecule has 1 N–H and O–H groups in total. The van der Waals surface area contributed by atoms with Crippen molar-refractivity contribution in [3.63, 3.8) is 0 Å². The van der Waals surface area contributed by atoms with Crippen molar-refractivity contribution < 1.29 is 18.3 Å². The van der Waals surface area contributed by atoms with Crippen molar-refractivity contribution in [2.45, 2.75) is 57.2 Å². The van der Waals surface area contributed by atoms with Crippen LogP contribution in [0.25, 0.3) is 0 Å². The molecule has 2 aromatic rings. The topological polar surface area (TPSA) is 83.0 Å². The Morgan fingerprint density at radius 3 is 2.82 bits per heavy atom. The highest BCUT2D eigenvalue weighted by Crippen LogP contribution is 2.34. The van der Waals surface area contributed by atoms with Crippen LogP contribution in [0.2, 0.25) is 0 Å². The average molecular weight is 486 g/mol. The summed E-state index contributed by atoms with van der Waals surface area (Å²) in [5.41, 5.74) is 1.82. The number of aliphatic hydroxyl groups is 1. The van der Waals surface area contributed by atoms with E-state index >= 15 is 0 Å². The Balaban J connectivity index is 1.97. The Kier molecular flexibility index (Phi) is 9.09. The Hall–Kier alpha value is -2.44. The molecule has 0 saturated carbocycles. The molecule has 1 aromatic heterocycles. The van der Waals surface area contributed by atoms with Crippen LogP contribution >= 0.6 is 0 Å². The second-order valence-electron chi connectivity index (χ2n) is 9.01. The third-order valence-corrected chi connectivity index (χ3v) is 7.96. The van der Waals surface area contributed by atoms with Crippen LogP contribution in [0, 0.1) is 17.8 Å². The molecule has 0 unspecified atom stereocenters. The predicted octanol–water partition coefficient (Wildman–Crippen LogP) is 3.13. The summed E-state index contributed by atoms with van der Waals surface area (Å²) in [7, 11) is -1.84. The van der Waals surface area contributed by atoms with Gasteiger partial charge in [0.05, 0.1) is 6.61 Å². The summed E-state index contributed by atoms with van der Waals surface area (Å²) < 4.78 is 34.9. The van der Waals surface area contributed by atoms with Crippen LogP contribution < -0.4 is 4.74 Å². The highest BCUT2D eigenvalue weighted by molar-refractivity contribution is 7.89. The predicted molar refractivity (Wildman–Crippen MR) is 133 cm³/mol. The summed E-state index contributed by atoms with van der Waals surface area (Å²) in [6.07, 6.45) is 5.06. The highest BCUT2D eigenvalue weighted by atomic mass is 32.2. The lowest BCUT2D eigenvalue weighted by Gasteiger charge is -2.37. The Labute approximate surface area is 203 Å². The number of pyridine rings is 1. The molecular weight excluding hydrogens is 450 g/mol. The van der Waals surface area contributed by atoms with Crippen molar-refractivity contribution >= 4 is 10.0 Å². The van der Waals surface area contributed by atoms with E-state index < -0.39 is 16.1 Å². The number of fused-ring (bicyclic) bond motifs is 1. The molecule has 2 heterocycles. The maximum Gasteiger partial charge on any atom is 0.247 e. The Bertz CT molecular complexity index is 1110. The van der Waals surface area contributed by atoms with Crippen molar-refractivity contribution in [1.82, 2.24) is 14.2 Å². The third-order valence-electron chi connectivity index (χ3n) is 5.94. The first kappa shape index (κ1) is 26.2. The number of nitrogens with zero attached hydrogens (tertiary/aromatic N) is 3. The average Bonchev–Trinajstić information content (AvgIpc) is 2.81. The van der Waals surface area contributed by atoms with E-state index in [0.29, 0.717) is 18.8 Å². The van der Waals surface area contributed by atoms with Crippen LogP contribution in [0.3, 0.4) is 0 Å². The van der Waals surface area contributed by atoms with E-state index in [2.05, 4.69) is 28.6 Å². The van der Waals surface area contributed by atoms with Crippen LogP contribution in [0.1, 0.15) is 44.7 Å². The van der Waals surface area contributed by atoms with Gasteiger partial charge in [0.1, 0.15) is 16.7 Å². The summed E-state index contributed by atoms with van der Waals surface area (Å²) in [4.78, 5) is 6.45. The van der Waals surface area contributed by atoms with E-state index in [0.717, 1.165) is 24.0 Å². The number of benzene rings is 1. The van der Waals surface area contributed by atoms with Gasteiger partial charge in [-0.3, -0.25) is 9.88 Å². The number of unbranched alkanes of at least 4 members (excludes halogenated alkanes) is 1. The molecule has 1 aliphatic rings. The minimum Gasteiger partial charge on any atom is -0.487 e. The zero-order chi connectivity index (χ0) is 24.7. The first-order valence-electron chi connectivity index (χ1n) is 11.8. The van der Waals surface area contributed by atoms with Gasteiger partial charge < -0.3 is 9.84 Å². The number of aromatic nitrogens is 1. The van der Waals surface area contributed by atoms with Crippen molar-refractivity contribution in [2.24, 2.45) is 5.92 Å². The van der Waals surface area contributed by atoms with Crippen molar-refractivity contribution in [2.75, 3.05) is 26.7 Å². The highest BCUT2D eigenvalue weighted by Gasteiger charge is 2.38. The molecule has 0 saturated heterocycles. The zero-order valence-electron chi connectivity index (χ0n) is 20.4. The maximum atomic E-state index is 13.5. The third kappa shape index (κ3) is 6.36. The molecule has 3 rings (SSSR count). The lowest BCUT2D eigenvalue weighted by atomic mass is 10.0. The number of hydrogen-bond donors (Lipinski definition) is 1. The van der Waals surface area contributed by atoms with Crippen LogP contribution in [0.15, 0.2) is 47.6 Å². The van der Waals surface area contributed by atoms with E-state index in [-0.39, 0.29) is 30.1 Å². The van der Waals surface area contributed by atoms with Crippen LogP contribution in [0.4, 0.5) is 0 Å². The quantitative estimate of drug-likeness (QED) is 0.607.